The first-order valence-corrected chi connectivity index (χ1v) is 10.3. The number of amides is 2. The Morgan fingerprint density at radius 2 is 1.44 bits per heavy atom. The fourth-order valence-electron chi connectivity index (χ4n) is 1.33. The minimum atomic E-state index is -1.42. The second-order valence-electron chi connectivity index (χ2n) is 6.08. The minimum Gasteiger partial charge on any atom is -1.00 e. The fraction of sp³-hybridized carbons (Fsp3) is 0.750. The summed E-state index contributed by atoms with van der Waals surface area (Å²) in [7, 11) is 4.74. The van der Waals surface area contributed by atoms with Gasteiger partial charge in [-0.15, -0.1) is 4.21 Å². The first kappa shape index (κ1) is 29.3. The van der Waals surface area contributed by atoms with E-state index < -0.39 is 9.93 Å². The molecule has 0 aromatic carbocycles. The first-order chi connectivity index (χ1) is 10.9. The molecule has 150 valence electrons. The van der Waals surface area contributed by atoms with Gasteiger partial charge >= 0.3 is 0 Å². The Morgan fingerprint density at radius 1 is 1.08 bits per heavy atom. The van der Waals surface area contributed by atoms with Gasteiger partial charge < -0.3 is 24.0 Å². The summed E-state index contributed by atoms with van der Waals surface area (Å²) in [5.41, 5.74) is 0. The molecule has 7 nitrogen and oxygen atoms in total. The normalized spacial score (nSPS) is 18.0. The second kappa shape index (κ2) is 14.6. The monoisotopic (exact) mass is 492 g/mol. The van der Waals surface area contributed by atoms with Crippen LogP contribution in [-0.2, 0) is 33.4 Å². The molecule has 0 aliphatic heterocycles. The molecule has 0 heterocycles. The number of hydroxylamine groups is 4. The van der Waals surface area contributed by atoms with Crippen LogP contribution in [0.3, 0.4) is 0 Å². The molecule has 25 heavy (non-hydrogen) atoms. The summed E-state index contributed by atoms with van der Waals surface area (Å²) in [6.45, 7) is 3.85. The van der Waals surface area contributed by atoms with Crippen LogP contribution >= 0.6 is 0 Å². The molecule has 2 unspecified atom stereocenters. The smallest absolute Gasteiger partial charge is 0.269 e. The number of hydrogen-bond donors (Lipinski definition) is 0. The molecule has 0 saturated heterocycles. The molecule has 1 saturated carbocycles. The molecule has 0 aromatic heterocycles. The highest BCUT2D eigenvalue weighted by atomic mass is 127. The van der Waals surface area contributed by atoms with Gasteiger partial charge in [0, 0.05) is 26.1 Å². The maximum atomic E-state index is 11.1. The number of allylic oxidation sites excluding steroid dienone is 1. The van der Waals surface area contributed by atoms with E-state index in [1.165, 1.54) is 25.4 Å². The molecule has 1 fully saturated rings. The Labute approximate surface area is 170 Å². The number of nitrogens with zero attached hydrogens (tertiary/aromatic N) is 2. The maximum absolute atomic E-state index is 11.1. The van der Waals surface area contributed by atoms with Gasteiger partial charge in [0.15, 0.2) is 0 Å². The van der Waals surface area contributed by atoms with E-state index in [1.54, 1.807) is 45.9 Å². The molecular weight excluding hydrogens is 459 g/mol. The first-order valence-electron chi connectivity index (χ1n) is 7.54. The highest BCUT2D eigenvalue weighted by molar-refractivity contribution is 8.00. The van der Waals surface area contributed by atoms with E-state index >= 15 is 0 Å². The van der Waals surface area contributed by atoms with E-state index in [4.69, 9.17) is 4.84 Å². The van der Waals surface area contributed by atoms with Crippen molar-refractivity contribution in [2.75, 3.05) is 47.1 Å². The molecule has 0 aromatic rings. The van der Waals surface area contributed by atoms with Crippen LogP contribution in [-0.4, -0.2) is 69.0 Å². The molecule has 1 rings (SSSR count). The van der Waals surface area contributed by atoms with Crippen LogP contribution in [0.5, 0.6) is 0 Å². The quantitative estimate of drug-likeness (QED) is 0.210. The molecule has 0 radical (unpaired) electrons. The largest absolute Gasteiger partial charge is 1.00 e. The Balaban J connectivity index is -0.000000301. The lowest BCUT2D eigenvalue weighted by atomic mass is 10.3. The standard InChI is InChI=1S/C7H13NO2.C6H11NO2.C3H9OS.HI/c1-5-4-6(5)7(9)8(2)10-3;1-4-5-6(8)7(2)9-3;1-5(2,3)4;/h5-6H,4H2,1-3H3;4-5H,1-3H3;1-3H3;1H/q;;+1;/p-1/b;5-4+;;. The summed E-state index contributed by atoms with van der Waals surface area (Å²) < 4.78 is 10.2. The zero-order chi connectivity index (χ0) is 19.5. The summed E-state index contributed by atoms with van der Waals surface area (Å²) in [4.78, 5) is 31.2. The van der Waals surface area contributed by atoms with Gasteiger partial charge in [0.2, 0.25) is 5.91 Å². The van der Waals surface area contributed by atoms with Crippen LogP contribution in [0, 0.1) is 11.8 Å². The van der Waals surface area contributed by atoms with Crippen molar-refractivity contribution in [2.24, 2.45) is 11.8 Å². The average Bonchev–Trinajstić information content (AvgIpc) is 3.20. The summed E-state index contributed by atoms with van der Waals surface area (Å²) in [6.07, 6.45) is 9.26. The number of hydrogen-bond acceptors (Lipinski definition) is 5. The topological polar surface area (TPSA) is 76.2 Å². The number of rotatable bonds is 4. The van der Waals surface area contributed by atoms with Crippen molar-refractivity contribution in [3.8, 4) is 0 Å². The second-order valence-corrected chi connectivity index (χ2v) is 9.53. The van der Waals surface area contributed by atoms with Crippen LogP contribution in [0.2, 0.25) is 0 Å². The number of halogens is 1. The lowest BCUT2D eigenvalue weighted by molar-refractivity contribution is -0.170. The van der Waals surface area contributed by atoms with Crippen LogP contribution in [0.15, 0.2) is 12.2 Å². The van der Waals surface area contributed by atoms with Gasteiger partial charge in [0.1, 0.15) is 18.8 Å². The van der Waals surface area contributed by atoms with Crippen molar-refractivity contribution >= 4 is 21.7 Å². The predicted molar refractivity (Wildman–Crippen MR) is 97.5 cm³/mol. The fourth-order valence-corrected chi connectivity index (χ4v) is 1.33. The summed E-state index contributed by atoms with van der Waals surface area (Å²) in [6, 6.07) is 0. The Hall–Kier alpha value is -0.520. The molecule has 1 aliphatic rings. The lowest BCUT2D eigenvalue weighted by Crippen LogP contribution is -3.00. The molecule has 2 amide bonds. The van der Waals surface area contributed by atoms with Crippen molar-refractivity contribution < 1.29 is 47.4 Å². The Bertz CT molecular complexity index is 453. The minimum absolute atomic E-state index is 0. The summed E-state index contributed by atoms with van der Waals surface area (Å²) >= 11 is 0. The highest BCUT2D eigenvalue weighted by Crippen LogP contribution is 2.38. The molecule has 9 heteroatoms. The predicted octanol–water partition coefficient (Wildman–Crippen LogP) is -1.38. The van der Waals surface area contributed by atoms with Crippen molar-refractivity contribution in [2.45, 2.75) is 20.3 Å². The zero-order valence-corrected chi connectivity index (χ0v) is 19.7. The third kappa shape index (κ3) is 18.1. The molecule has 0 bridgehead atoms. The molecule has 1 aliphatic carbocycles. The van der Waals surface area contributed by atoms with E-state index in [0.29, 0.717) is 5.92 Å². The van der Waals surface area contributed by atoms with Gasteiger partial charge in [-0.1, -0.05) is 13.0 Å². The lowest BCUT2D eigenvalue weighted by Gasteiger charge is -2.12. The van der Waals surface area contributed by atoms with E-state index in [-0.39, 0.29) is 41.7 Å². The average molecular weight is 492 g/mol. The van der Waals surface area contributed by atoms with Gasteiger partial charge in [0.25, 0.3) is 5.91 Å². The molecular formula is C16H33IN2O5S. The summed E-state index contributed by atoms with van der Waals surface area (Å²) in [5.74, 6) is 0.741. The molecule has 0 N–H and O–H groups in total. The Morgan fingerprint density at radius 3 is 1.68 bits per heavy atom. The van der Waals surface area contributed by atoms with Crippen molar-refractivity contribution in [3.05, 3.63) is 12.2 Å². The van der Waals surface area contributed by atoms with Crippen molar-refractivity contribution in [3.63, 3.8) is 0 Å². The van der Waals surface area contributed by atoms with Crippen molar-refractivity contribution in [1.82, 2.24) is 10.1 Å². The number of likely N-dealkylation sites (N-methyl/N-ethyl adjacent to an activating group) is 1. The van der Waals surface area contributed by atoms with Crippen LogP contribution in [0.4, 0.5) is 0 Å². The third-order valence-electron chi connectivity index (χ3n) is 2.90. The third-order valence-corrected chi connectivity index (χ3v) is 2.90. The highest BCUT2D eigenvalue weighted by Gasteiger charge is 2.40. The van der Waals surface area contributed by atoms with E-state index in [1.807, 2.05) is 0 Å². The molecule has 2 atom stereocenters. The van der Waals surface area contributed by atoms with Gasteiger partial charge in [-0.3, -0.25) is 19.3 Å². The van der Waals surface area contributed by atoms with Crippen molar-refractivity contribution in [1.29, 1.82) is 0 Å². The maximum Gasteiger partial charge on any atom is 0.269 e. The van der Waals surface area contributed by atoms with Crippen LogP contribution < -0.4 is 24.0 Å². The number of carbonyl (C=O) groups is 2. The van der Waals surface area contributed by atoms with E-state index in [0.717, 1.165) is 11.5 Å². The van der Waals surface area contributed by atoms with Gasteiger partial charge in [0.05, 0.1) is 24.2 Å². The summed E-state index contributed by atoms with van der Waals surface area (Å²) in [5, 5.41) is 2.45. The van der Waals surface area contributed by atoms with Crippen LogP contribution in [0.1, 0.15) is 20.3 Å². The SMILES string of the molecule is C/C=C/C(=O)N(C)OC.CON(C)C(=O)C1CC1C.C[S+](C)(C)=O.[I-]. The van der Waals surface area contributed by atoms with E-state index in [9.17, 15) is 13.8 Å². The zero-order valence-electron chi connectivity index (χ0n) is 16.7. The molecule has 0 spiro atoms. The number of carbonyl (C=O) groups excluding carboxylic acids is 2. The Kier molecular flexibility index (Phi) is 17.1. The van der Waals surface area contributed by atoms with Crippen LogP contribution in [0.25, 0.3) is 0 Å². The van der Waals surface area contributed by atoms with Gasteiger partial charge in [-0.25, -0.2) is 10.1 Å². The van der Waals surface area contributed by atoms with Gasteiger partial charge in [-0.2, -0.15) is 0 Å². The van der Waals surface area contributed by atoms with Gasteiger partial charge in [-0.05, 0) is 19.3 Å². The van der Waals surface area contributed by atoms with E-state index in [2.05, 4.69) is 11.8 Å².